The van der Waals surface area contributed by atoms with Crippen LogP contribution in [0.3, 0.4) is 0 Å². The molecule has 2 aromatic carbocycles. The van der Waals surface area contributed by atoms with Crippen molar-refractivity contribution < 1.29 is 27.8 Å². The van der Waals surface area contributed by atoms with E-state index in [0.717, 1.165) is 58.8 Å². The van der Waals surface area contributed by atoms with E-state index in [2.05, 4.69) is 27.2 Å². The molecular formula is C26H25F3INO3. The van der Waals surface area contributed by atoms with Crippen LogP contribution < -0.4 is 4.74 Å². The molecule has 0 bridgehead atoms. The minimum absolute atomic E-state index is 0.0136. The Kier molecular flexibility index (Phi) is 6.29. The number of rotatable bonds is 6. The van der Waals surface area contributed by atoms with Gasteiger partial charge in [-0.25, -0.2) is 0 Å². The second kappa shape index (κ2) is 9.09. The van der Waals surface area contributed by atoms with E-state index in [9.17, 15) is 23.1 Å². The average Bonchev–Trinajstić information content (AvgIpc) is 3.51. The molecule has 34 heavy (non-hydrogen) atoms. The molecule has 1 aromatic heterocycles. The van der Waals surface area contributed by atoms with E-state index in [-0.39, 0.29) is 24.9 Å². The summed E-state index contributed by atoms with van der Waals surface area (Å²) in [6, 6.07) is 10.3. The molecule has 1 unspecified atom stereocenters. The summed E-state index contributed by atoms with van der Waals surface area (Å²) >= 11 is 2.26. The number of carboxylic acids is 1. The monoisotopic (exact) mass is 583 g/mol. The topological polar surface area (TPSA) is 51.5 Å². The van der Waals surface area contributed by atoms with Gasteiger partial charge in [-0.1, -0.05) is 25.0 Å². The number of hydrogen-bond acceptors (Lipinski definition) is 2. The number of alkyl halides is 3. The van der Waals surface area contributed by atoms with Crippen LogP contribution in [0.2, 0.25) is 0 Å². The molecule has 0 amide bonds. The zero-order chi connectivity index (χ0) is 24.0. The van der Waals surface area contributed by atoms with Gasteiger partial charge in [-0.2, -0.15) is 13.2 Å². The summed E-state index contributed by atoms with van der Waals surface area (Å²) in [4.78, 5) is 11.2. The van der Waals surface area contributed by atoms with Crippen molar-refractivity contribution in [2.24, 2.45) is 0 Å². The van der Waals surface area contributed by atoms with Crippen LogP contribution in [0.5, 0.6) is 5.75 Å². The molecule has 0 spiro atoms. The fourth-order valence-corrected chi connectivity index (χ4v) is 6.74. The van der Waals surface area contributed by atoms with Gasteiger partial charge in [-0.15, -0.1) is 0 Å². The number of hydrogen-bond donors (Lipinski definition) is 1. The molecule has 5 rings (SSSR count). The number of benzene rings is 2. The molecule has 1 saturated carbocycles. The molecule has 1 aliphatic carbocycles. The molecule has 180 valence electrons. The maximum Gasteiger partial charge on any atom is 0.416 e. The number of carboxylic acid groups (broad SMARTS) is 1. The lowest BCUT2D eigenvalue weighted by Gasteiger charge is -2.19. The Morgan fingerprint density at radius 2 is 1.88 bits per heavy atom. The van der Waals surface area contributed by atoms with Crippen molar-refractivity contribution in [3.05, 3.63) is 62.4 Å². The summed E-state index contributed by atoms with van der Waals surface area (Å²) in [5.41, 5.74) is 2.43. The normalized spacial score (nSPS) is 18.5. The van der Waals surface area contributed by atoms with Crippen LogP contribution in [0.4, 0.5) is 13.2 Å². The van der Waals surface area contributed by atoms with Gasteiger partial charge in [0, 0.05) is 32.6 Å². The number of ether oxygens (including phenoxy) is 1. The van der Waals surface area contributed by atoms with Gasteiger partial charge in [0.05, 0.1) is 12.0 Å². The van der Waals surface area contributed by atoms with Gasteiger partial charge in [0.1, 0.15) is 12.4 Å². The summed E-state index contributed by atoms with van der Waals surface area (Å²) in [6.07, 6.45) is 0.114. The summed E-state index contributed by atoms with van der Waals surface area (Å²) in [5.74, 6) is -0.253. The lowest BCUT2D eigenvalue weighted by molar-refractivity contribution is -0.139. The number of aryl methyl sites for hydroxylation is 1. The highest BCUT2D eigenvalue weighted by Crippen LogP contribution is 2.43. The molecule has 0 saturated heterocycles. The summed E-state index contributed by atoms with van der Waals surface area (Å²) in [6.45, 7) is 0.825. The highest BCUT2D eigenvalue weighted by atomic mass is 127. The minimum atomic E-state index is -4.39. The second-order valence-electron chi connectivity index (χ2n) is 9.30. The minimum Gasteiger partial charge on any atom is -0.489 e. The van der Waals surface area contributed by atoms with Crippen LogP contribution in [0.15, 0.2) is 36.4 Å². The highest BCUT2D eigenvalue weighted by Gasteiger charge is 2.36. The molecule has 1 atom stereocenters. The predicted octanol–water partition coefficient (Wildman–Crippen LogP) is 7.46. The number of halogens is 4. The summed E-state index contributed by atoms with van der Waals surface area (Å²) in [5, 5.41) is 10.2. The zero-order valence-electron chi connectivity index (χ0n) is 18.5. The first-order chi connectivity index (χ1) is 16.2. The van der Waals surface area contributed by atoms with Crippen molar-refractivity contribution in [1.29, 1.82) is 0 Å². The summed E-state index contributed by atoms with van der Waals surface area (Å²) < 4.78 is 50.4. The fourth-order valence-electron chi connectivity index (χ4n) is 5.57. The Hall–Kier alpha value is -2.23. The van der Waals surface area contributed by atoms with Crippen LogP contribution >= 0.6 is 22.6 Å². The number of fused-ring (bicyclic) bond motifs is 3. The van der Waals surface area contributed by atoms with Crippen molar-refractivity contribution in [2.75, 3.05) is 0 Å². The van der Waals surface area contributed by atoms with Gasteiger partial charge in [0.2, 0.25) is 0 Å². The highest BCUT2D eigenvalue weighted by molar-refractivity contribution is 14.1. The molecular weight excluding hydrogens is 558 g/mol. The van der Waals surface area contributed by atoms with Crippen LogP contribution in [0.1, 0.15) is 72.7 Å². The van der Waals surface area contributed by atoms with Crippen LogP contribution in [-0.4, -0.2) is 15.6 Å². The van der Waals surface area contributed by atoms with E-state index in [1.807, 2.05) is 18.2 Å². The molecule has 4 nitrogen and oxygen atoms in total. The van der Waals surface area contributed by atoms with Crippen LogP contribution in [0, 0.1) is 3.57 Å². The number of aliphatic carboxylic acids is 1. The van der Waals surface area contributed by atoms with Crippen molar-refractivity contribution in [2.45, 2.75) is 69.7 Å². The Balaban J connectivity index is 1.38. The summed E-state index contributed by atoms with van der Waals surface area (Å²) in [7, 11) is 0. The SMILES string of the molecule is O=C(O)CC1CCn2c1c(I)c1cc(OCc3ccc(C4CCCC4)c(C(F)(F)F)c3)ccc12. The molecule has 1 aliphatic heterocycles. The lowest BCUT2D eigenvalue weighted by atomic mass is 9.91. The van der Waals surface area contributed by atoms with Crippen LogP contribution in [-0.2, 0) is 24.1 Å². The molecule has 3 aromatic rings. The van der Waals surface area contributed by atoms with Gasteiger partial charge in [0.15, 0.2) is 0 Å². The maximum absolute atomic E-state index is 13.8. The standard InChI is InChI=1S/C26H25F3INO3/c27-26(28,29)21-11-15(5-7-19(21)16-3-1-2-4-16)14-34-18-6-8-22-20(13-18)24(30)25-17(12-23(32)33)9-10-31(22)25/h5-8,11,13,16-17H,1-4,9-10,12,14H2,(H,32,33). The lowest BCUT2D eigenvalue weighted by Crippen LogP contribution is -2.12. The van der Waals surface area contributed by atoms with Crippen LogP contribution in [0.25, 0.3) is 10.9 Å². The number of carbonyl (C=O) groups is 1. The van der Waals surface area contributed by atoms with Crippen molar-refractivity contribution >= 4 is 39.5 Å². The van der Waals surface area contributed by atoms with E-state index in [1.165, 1.54) is 6.07 Å². The van der Waals surface area contributed by atoms with Gasteiger partial charge in [-0.05, 0) is 83.2 Å². The number of nitrogens with zero attached hydrogens (tertiary/aromatic N) is 1. The smallest absolute Gasteiger partial charge is 0.416 e. The van der Waals surface area contributed by atoms with Gasteiger partial charge in [0.25, 0.3) is 0 Å². The molecule has 1 N–H and O–H groups in total. The van der Waals surface area contributed by atoms with E-state index in [0.29, 0.717) is 16.9 Å². The van der Waals surface area contributed by atoms with E-state index in [1.54, 1.807) is 12.1 Å². The Bertz CT molecular complexity index is 1240. The maximum atomic E-state index is 13.8. The van der Waals surface area contributed by atoms with Gasteiger partial charge < -0.3 is 14.4 Å². The largest absolute Gasteiger partial charge is 0.489 e. The first kappa shape index (κ1) is 23.5. The third-order valence-electron chi connectivity index (χ3n) is 7.14. The first-order valence-corrected chi connectivity index (χ1v) is 12.7. The second-order valence-corrected chi connectivity index (χ2v) is 10.4. The fraction of sp³-hybridized carbons (Fsp3) is 0.423. The van der Waals surface area contributed by atoms with Crippen molar-refractivity contribution in [3.8, 4) is 5.75 Å². The van der Waals surface area contributed by atoms with Crippen molar-refractivity contribution in [1.82, 2.24) is 4.57 Å². The van der Waals surface area contributed by atoms with E-state index < -0.39 is 17.7 Å². The Labute approximate surface area is 209 Å². The Morgan fingerprint density at radius 3 is 2.59 bits per heavy atom. The predicted molar refractivity (Wildman–Crippen MR) is 131 cm³/mol. The molecule has 8 heteroatoms. The molecule has 2 heterocycles. The zero-order valence-corrected chi connectivity index (χ0v) is 20.7. The third-order valence-corrected chi connectivity index (χ3v) is 8.28. The average molecular weight is 583 g/mol. The molecule has 0 radical (unpaired) electrons. The molecule has 2 aliphatic rings. The Morgan fingerprint density at radius 1 is 1.12 bits per heavy atom. The first-order valence-electron chi connectivity index (χ1n) is 11.6. The quantitative estimate of drug-likeness (QED) is 0.307. The van der Waals surface area contributed by atoms with Crippen molar-refractivity contribution in [3.63, 3.8) is 0 Å². The molecule has 1 fully saturated rings. The third kappa shape index (κ3) is 4.41. The van der Waals surface area contributed by atoms with Gasteiger partial charge in [-0.3, -0.25) is 4.79 Å². The van der Waals surface area contributed by atoms with E-state index in [4.69, 9.17) is 4.74 Å². The van der Waals surface area contributed by atoms with E-state index >= 15 is 0 Å². The van der Waals surface area contributed by atoms with Gasteiger partial charge >= 0.3 is 12.1 Å². The number of aromatic nitrogens is 1.